The van der Waals surface area contributed by atoms with Gasteiger partial charge in [0.15, 0.2) is 0 Å². The van der Waals surface area contributed by atoms with Gasteiger partial charge in [-0.2, -0.15) is 0 Å². The fourth-order valence-corrected chi connectivity index (χ4v) is 3.29. The number of carbonyl (C=O) groups is 1. The van der Waals surface area contributed by atoms with Crippen LogP contribution in [0.5, 0.6) is 0 Å². The highest BCUT2D eigenvalue weighted by atomic mass is 16.6. The molecule has 0 aromatic heterocycles. The number of ether oxygens (including phenoxy) is 1. The van der Waals surface area contributed by atoms with Crippen molar-refractivity contribution in [3.05, 3.63) is 0 Å². The molecule has 0 heterocycles. The van der Waals surface area contributed by atoms with Gasteiger partial charge in [-0.1, -0.05) is 33.6 Å². The number of rotatable bonds is 7. The molecule has 23 heavy (non-hydrogen) atoms. The van der Waals surface area contributed by atoms with Crippen LogP contribution < -0.4 is 10.6 Å². The highest BCUT2D eigenvalue weighted by Gasteiger charge is 2.30. The highest BCUT2D eigenvalue weighted by molar-refractivity contribution is 5.68. The molecule has 0 unspecified atom stereocenters. The molecule has 0 bridgehead atoms. The average Bonchev–Trinajstić information content (AvgIpc) is 2.46. The van der Waals surface area contributed by atoms with Crippen molar-refractivity contribution in [1.29, 1.82) is 0 Å². The summed E-state index contributed by atoms with van der Waals surface area (Å²) in [5.41, 5.74) is -0.673. The second kappa shape index (κ2) is 8.91. The molecule has 1 saturated carbocycles. The standard InChI is InChI=1S/C19H38N2O2/c1-7-19(8-2,21-17(22)23-18(4,5)6)14-20-13-16-11-9-15(3)10-12-16/h15-16,20H,7-14H2,1-6H3,(H,21,22). The summed E-state index contributed by atoms with van der Waals surface area (Å²) in [6.07, 6.45) is 6.87. The van der Waals surface area contributed by atoms with Crippen molar-refractivity contribution in [2.75, 3.05) is 13.1 Å². The van der Waals surface area contributed by atoms with Crippen LogP contribution in [0.2, 0.25) is 0 Å². The van der Waals surface area contributed by atoms with Crippen LogP contribution in [-0.4, -0.2) is 30.3 Å². The molecule has 0 aliphatic heterocycles. The average molecular weight is 327 g/mol. The number of hydrogen-bond donors (Lipinski definition) is 2. The SMILES string of the molecule is CCC(CC)(CNCC1CCC(C)CC1)NC(=O)OC(C)(C)C. The Morgan fingerprint density at radius 3 is 2.13 bits per heavy atom. The molecule has 0 aromatic rings. The van der Waals surface area contributed by atoms with Crippen LogP contribution >= 0.6 is 0 Å². The van der Waals surface area contributed by atoms with Gasteiger partial charge in [0.25, 0.3) is 0 Å². The minimum Gasteiger partial charge on any atom is -0.444 e. The van der Waals surface area contributed by atoms with Crippen molar-refractivity contribution in [3.63, 3.8) is 0 Å². The van der Waals surface area contributed by atoms with Crippen molar-refractivity contribution in [3.8, 4) is 0 Å². The Labute approximate surface area is 143 Å². The molecule has 0 spiro atoms. The summed E-state index contributed by atoms with van der Waals surface area (Å²) in [6, 6.07) is 0. The summed E-state index contributed by atoms with van der Waals surface area (Å²) >= 11 is 0. The minimum absolute atomic E-state index is 0.218. The summed E-state index contributed by atoms with van der Waals surface area (Å²) in [4.78, 5) is 12.1. The van der Waals surface area contributed by atoms with Crippen LogP contribution in [-0.2, 0) is 4.74 Å². The molecular weight excluding hydrogens is 288 g/mol. The van der Waals surface area contributed by atoms with E-state index < -0.39 is 5.60 Å². The van der Waals surface area contributed by atoms with Gasteiger partial charge < -0.3 is 15.4 Å². The molecule has 0 saturated heterocycles. The van der Waals surface area contributed by atoms with Gasteiger partial charge in [0.1, 0.15) is 5.60 Å². The Bertz CT molecular complexity index is 351. The van der Waals surface area contributed by atoms with Crippen molar-refractivity contribution < 1.29 is 9.53 Å². The third-order valence-corrected chi connectivity index (χ3v) is 5.15. The largest absolute Gasteiger partial charge is 0.444 e. The predicted octanol–water partition coefficient (Wildman–Crippen LogP) is 4.49. The van der Waals surface area contributed by atoms with E-state index in [0.29, 0.717) is 0 Å². The Morgan fingerprint density at radius 1 is 1.09 bits per heavy atom. The summed E-state index contributed by atoms with van der Waals surface area (Å²) in [5.74, 6) is 1.68. The zero-order valence-corrected chi connectivity index (χ0v) is 16.1. The number of hydrogen-bond acceptors (Lipinski definition) is 3. The molecule has 1 amide bonds. The van der Waals surface area contributed by atoms with E-state index in [2.05, 4.69) is 31.4 Å². The maximum atomic E-state index is 12.1. The lowest BCUT2D eigenvalue weighted by Gasteiger charge is -2.35. The predicted molar refractivity (Wildman–Crippen MR) is 96.7 cm³/mol. The van der Waals surface area contributed by atoms with E-state index in [1.807, 2.05) is 20.8 Å². The highest BCUT2D eigenvalue weighted by Crippen LogP contribution is 2.27. The van der Waals surface area contributed by atoms with Crippen LogP contribution in [0, 0.1) is 11.8 Å². The third kappa shape index (κ3) is 7.56. The molecule has 1 aliphatic carbocycles. The van der Waals surface area contributed by atoms with Crippen LogP contribution in [0.15, 0.2) is 0 Å². The van der Waals surface area contributed by atoms with E-state index in [0.717, 1.165) is 37.8 Å². The molecule has 0 aromatic carbocycles. The number of amides is 1. The first-order valence-electron chi connectivity index (χ1n) is 9.41. The zero-order valence-electron chi connectivity index (χ0n) is 16.1. The first kappa shape index (κ1) is 20.3. The molecule has 1 aliphatic rings. The van der Waals surface area contributed by atoms with Gasteiger partial charge in [-0.15, -0.1) is 0 Å². The van der Waals surface area contributed by atoms with E-state index in [1.165, 1.54) is 25.7 Å². The lowest BCUT2D eigenvalue weighted by molar-refractivity contribution is 0.0445. The van der Waals surface area contributed by atoms with Gasteiger partial charge in [0, 0.05) is 6.54 Å². The molecule has 0 atom stereocenters. The van der Waals surface area contributed by atoms with Gasteiger partial charge in [0.2, 0.25) is 0 Å². The molecule has 0 radical (unpaired) electrons. The molecule has 2 N–H and O–H groups in total. The van der Waals surface area contributed by atoms with Crippen LogP contribution in [0.1, 0.15) is 80.1 Å². The van der Waals surface area contributed by atoms with Gasteiger partial charge in [-0.05, 0) is 64.8 Å². The second-order valence-corrected chi connectivity index (χ2v) is 8.37. The van der Waals surface area contributed by atoms with Gasteiger partial charge >= 0.3 is 6.09 Å². The minimum atomic E-state index is -0.455. The van der Waals surface area contributed by atoms with Crippen LogP contribution in [0.25, 0.3) is 0 Å². The Balaban J connectivity index is 2.44. The Kier molecular flexibility index (Phi) is 7.85. The van der Waals surface area contributed by atoms with Crippen molar-refractivity contribution in [2.45, 2.75) is 91.2 Å². The topological polar surface area (TPSA) is 50.4 Å². The first-order valence-corrected chi connectivity index (χ1v) is 9.41. The summed E-state index contributed by atoms with van der Waals surface area (Å²) in [5, 5.41) is 6.72. The molecule has 4 nitrogen and oxygen atoms in total. The molecule has 1 fully saturated rings. The van der Waals surface area contributed by atoms with Crippen molar-refractivity contribution in [2.24, 2.45) is 11.8 Å². The third-order valence-electron chi connectivity index (χ3n) is 5.15. The lowest BCUT2D eigenvalue weighted by Crippen LogP contribution is -2.55. The monoisotopic (exact) mass is 326 g/mol. The van der Waals surface area contributed by atoms with E-state index >= 15 is 0 Å². The lowest BCUT2D eigenvalue weighted by atomic mass is 9.83. The molecule has 136 valence electrons. The summed E-state index contributed by atoms with van der Waals surface area (Å²) in [7, 11) is 0. The number of carbonyl (C=O) groups excluding carboxylic acids is 1. The van der Waals surface area contributed by atoms with E-state index in [4.69, 9.17) is 4.74 Å². The molecule has 4 heteroatoms. The van der Waals surface area contributed by atoms with Gasteiger partial charge in [-0.25, -0.2) is 4.79 Å². The van der Waals surface area contributed by atoms with Gasteiger partial charge in [-0.3, -0.25) is 0 Å². The van der Waals surface area contributed by atoms with Gasteiger partial charge in [0.05, 0.1) is 5.54 Å². The number of nitrogens with one attached hydrogen (secondary N) is 2. The second-order valence-electron chi connectivity index (χ2n) is 8.37. The Morgan fingerprint density at radius 2 is 1.65 bits per heavy atom. The quantitative estimate of drug-likeness (QED) is 0.725. The maximum Gasteiger partial charge on any atom is 0.408 e. The molecule has 1 rings (SSSR count). The first-order chi connectivity index (χ1) is 10.7. The van der Waals surface area contributed by atoms with Crippen LogP contribution in [0.3, 0.4) is 0 Å². The smallest absolute Gasteiger partial charge is 0.408 e. The maximum absolute atomic E-state index is 12.1. The Hall–Kier alpha value is -0.770. The van der Waals surface area contributed by atoms with E-state index in [-0.39, 0.29) is 11.6 Å². The summed E-state index contributed by atoms with van der Waals surface area (Å²) in [6.45, 7) is 14.2. The normalized spacial score (nSPS) is 22.7. The van der Waals surface area contributed by atoms with Crippen molar-refractivity contribution >= 4 is 6.09 Å². The fraction of sp³-hybridized carbons (Fsp3) is 0.947. The van der Waals surface area contributed by atoms with E-state index in [1.54, 1.807) is 0 Å². The number of alkyl carbamates (subject to hydrolysis) is 1. The van der Waals surface area contributed by atoms with Crippen molar-refractivity contribution in [1.82, 2.24) is 10.6 Å². The van der Waals surface area contributed by atoms with E-state index in [9.17, 15) is 4.79 Å². The summed E-state index contributed by atoms with van der Waals surface area (Å²) < 4.78 is 5.43. The zero-order chi connectivity index (χ0) is 17.5. The van der Waals surface area contributed by atoms with Crippen LogP contribution in [0.4, 0.5) is 4.79 Å². The fourth-order valence-electron chi connectivity index (χ4n) is 3.29. The molecular formula is C19H38N2O2.